The van der Waals surface area contributed by atoms with Gasteiger partial charge in [0.1, 0.15) is 0 Å². The molecular weight excluding hydrogens is 230 g/mol. The van der Waals surface area contributed by atoms with Crippen LogP contribution in [-0.4, -0.2) is 43.4 Å². The molecule has 0 spiro atoms. The zero-order chi connectivity index (χ0) is 13.7. The van der Waals surface area contributed by atoms with Crippen molar-refractivity contribution >= 4 is 11.8 Å². The van der Waals surface area contributed by atoms with Gasteiger partial charge in [-0.3, -0.25) is 9.59 Å². The maximum absolute atomic E-state index is 12.3. The number of rotatable bonds is 4. The van der Waals surface area contributed by atoms with Crippen LogP contribution in [0.4, 0.5) is 0 Å². The Morgan fingerprint density at radius 2 is 2.06 bits per heavy atom. The smallest absolute Gasteiger partial charge is 0.225 e. The summed E-state index contributed by atoms with van der Waals surface area (Å²) < 4.78 is 0. The Morgan fingerprint density at radius 1 is 1.39 bits per heavy atom. The summed E-state index contributed by atoms with van der Waals surface area (Å²) in [4.78, 5) is 25.1. The Labute approximate surface area is 109 Å². The number of hydrogen-bond donors (Lipinski definition) is 2. The number of nitrogens with two attached hydrogens (primary N) is 1. The van der Waals surface area contributed by atoms with Gasteiger partial charge in [0.2, 0.25) is 11.8 Å². The zero-order valence-electron chi connectivity index (χ0n) is 11.6. The molecule has 1 saturated carbocycles. The summed E-state index contributed by atoms with van der Waals surface area (Å²) in [5.74, 6) is 0.493. The molecule has 0 aliphatic heterocycles. The average Bonchev–Trinajstić information content (AvgIpc) is 2.37. The van der Waals surface area contributed by atoms with E-state index in [1.807, 2.05) is 0 Å². The second kappa shape index (κ2) is 6.73. The molecule has 5 nitrogen and oxygen atoms in total. The lowest BCUT2D eigenvalue weighted by Gasteiger charge is -2.34. The summed E-state index contributed by atoms with van der Waals surface area (Å²) >= 11 is 0. The zero-order valence-corrected chi connectivity index (χ0v) is 11.6. The molecule has 1 aliphatic carbocycles. The van der Waals surface area contributed by atoms with E-state index in [0.717, 1.165) is 19.3 Å². The van der Waals surface area contributed by atoms with Crippen LogP contribution in [0, 0.1) is 11.8 Å². The van der Waals surface area contributed by atoms with E-state index in [1.54, 1.807) is 19.0 Å². The molecule has 0 aromatic rings. The fourth-order valence-electron chi connectivity index (χ4n) is 2.49. The van der Waals surface area contributed by atoms with Crippen LogP contribution in [0.2, 0.25) is 0 Å². The second-order valence-electron chi connectivity index (χ2n) is 5.34. The van der Waals surface area contributed by atoms with Crippen molar-refractivity contribution in [3.8, 4) is 0 Å². The summed E-state index contributed by atoms with van der Waals surface area (Å²) in [6, 6.07) is 0.141. The molecule has 3 N–H and O–H groups in total. The molecule has 1 fully saturated rings. The monoisotopic (exact) mass is 255 g/mol. The first-order valence-corrected chi connectivity index (χ1v) is 6.66. The fraction of sp³-hybridized carbons (Fsp3) is 0.846. The molecule has 3 unspecified atom stereocenters. The molecule has 104 valence electrons. The molecule has 18 heavy (non-hydrogen) atoms. The van der Waals surface area contributed by atoms with Gasteiger partial charge in [-0.25, -0.2) is 0 Å². The minimum Gasteiger partial charge on any atom is -0.359 e. The van der Waals surface area contributed by atoms with Crippen LogP contribution in [0.1, 0.15) is 32.6 Å². The van der Waals surface area contributed by atoms with Gasteiger partial charge in [-0.15, -0.1) is 0 Å². The van der Waals surface area contributed by atoms with Gasteiger partial charge in [0.25, 0.3) is 0 Å². The Hall–Kier alpha value is -1.10. The Bertz CT molecular complexity index is 307. The second-order valence-corrected chi connectivity index (χ2v) is 5.34. The lowest BCUT2D eigenvalue weighted by molar-refractivity contribution is -0.137. The third-order valence-electron chi connectivity index (χ3n) is 3.88. The highest BCUT2D eigenvalue weighted by Crippen LogP contribution is 2.30. The molecule has 0 aromatic carbocycles. The van der Waals surface area contributed by atoms with Crippen LogP contribution in [0.5, 0.6) is 0 Å². The van der Waals surface area contributed by atoms with Gasteiger partial charge in [0.05, 0.1) is 0 Å². The third kappa shape index (κ3) is 3.98. The first-order valence-electron chi connectivity index (χ1n) is 6.66. The lowest BCUT2D eigenvalue weighted by atomic mass is 9.77. The molecule has 1 rings (SSSR count). The summed E-state index contributed by atoms with van der Waals surface area (Å²) in [6.07, 6.45) is 3.14. The van der Waals surface area contributed by atoms with Crippen LogP contribution >= 0.6 is 0 Å². The van der Waals surface area contributed by atoms with E-state index in [4.69, 9.17) is 5.73 Å². The van der Waals surface area contributed by atoms with Crippen LogP contribution < -0.4 is 11.1 Å². The first-order chi connectivity index (χ1) is 8.45. The largest absolute Gasteiger partial charge is 0.359 e. The van der Waals surface area contributed by atoms with Crippen molar-refractivity contribution in [2.45, 2.75) is 38.6 Å². The van der Waals surface area contributed by atoms with Crippen molar-refractivity contribution in [1.82, 2.24) is 10.2 Å². The SMILES string of the molecule is CNC(=O)CCN(C)C(=O)C1CC(N)CCC1C. The number of hydrogen-bond acceptors (Lipinski definition) is 3. The van der Waals surface area contributed by atoms with Crippen molar-refractivity contribution in [2.75, 3.05) is 20.6 Å². The third-order valence-corrected chi connectivity index (χ3v) is 3.88. The summed E-state index contributed by atoms with van der Waals surface area (Å²) in [7, 11) is 3.37. The summed E-state index contributed by atoms with van der Waals surface area (Å²) in [6.45, 7) is 2.58. The summed E-state index contributed by atoms with van der Waals surface area (Å²) in [5, 5.41) is 2.56. The molecule has 0 radical (unpaired) electrons. The number of carbonyl (C=O) groups is 2. The molecule has 3 atom stereocenters. The average molecular weight is 255 g/mol. The maximum atomic E-state index is 12.3. The topological polar surface area (TPSA) is 75.4 Å². The van der Waals surface area contributed by atoms with Gasteiger partial charge >= 0.3 is 0 Å². The van der Waals surface area contributed by atoms with Gasteiger partial charge in [-0.2, -0.15) is 0 Å². The molecule has 0 aromatic heterocycles. The van der Waals surface area contributed by atoms with E-state index < -0.39 is 0 Å². The summed E-state index contributed by atoms with van der Waals surface area (Å²) in [5.41, 5.74) is 5.93. The predicted octanol–water partition coefficient (Wildman–Crippen LogP) is 0.344. The first kappa shape index (κ1) is 15.0. The van der Waals surface area contributed by atoms with Crippen LogP contribution in [-0.2, 0) is 9.59 Å². The highest BCUT2D eigenvalue weighted by Gasteiger charge is 2.32. The van der Waals surface area contributed by atoms with Crippen molar-refractivity contribution in [2.24, 2.45) is 17.6 Å². The quantitative estimate of drug-likeness (QED) is 0.761. The fourth-order valence-corrected chi connectivity index (χ4v) is 2.49. The number of nitrogens with zero attached hydrogens (tertiary/aromatic N) is 1. The minimum absolute atomic E-state index is 0.0171. The van der Waals surface area contributed by atoms with E-state index >= 15 is 0 Å². The molecule has 2 amide bonds. The van der Waals surface area contributed by atoms with Gasteiger partial charge in [-0.1, -0.05) is 6.92 Å². The van der Waals surface area contributed by atoms with E-state index in [0.29, 0.717) is 18.9 Å². The minimum atomic E-state index is -0.0388. The number of nitrogens with one attached hydrogen (secondary N) is 1. The van der Waals surface area contributed by atoms with Gasteiger partial charge < -0.3 is 16.0 Å². The molecule has 0 bridgehead atoms. The maximum Gasteiger partial charge on any atom is 0.225 e. The predicted molar refractivity (Wildman–Crippen MR) is 70.8 cm³/mol. The van der Waals surface area contributed by atoms with E-state index in [2.05, 4.69) is 12.2 Å². The van der Waals surface area contributed by atoms with Crippen molar-refractivity contribution in [3.05, 3.63) is 0 Å². The van der Waals surface area contributed by atoms with Crippen LogP contribution in [0.15, 0.2) is 0 Å². The van der Waals surface area contributed by atoms with Gasteiger partial charge in [-0.05, 0) is 25.2 Å². The number of carbonyl (C=O) groups excluding carboxylic acids is 2. The highest BCUT2D eigenvalue weighted by molar-refractivity contribution is 5.80. The highest BCUT2D eigenvalue weighted by atomic mass is 16.2. The van der Waals surface area contributed by atoms with Gasteiger partial charge in [0.15, 0.2) is 0 Å². The van der Waals surface area contributed by atoms with Crippen molar-refractivity contribution < 1.29 is 9.59 Å². The lowest BCUT2D eigenvalue weighted by Crippen LogP contribution is -2.43. The van der Waals surface area contributed by atoms with Crippen molar-refractivity contribution in [1.29, 1.82) is 0 Å². The molecule has 1 aliphatic rings. The standard InChI is InChI=1S/C13H25N3O2/c1-9-4-5-10(14)8-11(9)13(18)16(3)7-6-12(17)15-2/h9-11H,4-8,14H2,1-3H3,(H,15,17). The normalized spacial score (nSPS) is 27.7. The number of amides is 2. The van der Waals surface area contributed by atoms with E-state index in [9.17, 15) is 9.59 Å². The molecule has 5 heteroatoms. The van der Waals surface area contributed by atoms with Gasteiger partial charge in [0, 0.05) is 39.0 Å². The van der Waals surface area contributed by atoms with Crippen LogP contribution in [0.25, 0.3) is 0 Å². The molecule has 0 saturated heterocycles. The Morgan fingerprint density at radius 3 is 2.67 bits per heavy atom. The molecular formula is C13H25N3O2. The van der Waals surface area contributed by atoms with Crippen molar-refractivity contribution in [3.63, 3.8) is 0 Å². The Kier molecular flexibility index (Phi) is 5.59. The van der Waals surface area contributed by atoms with E-state index in [-0.39, 0.29) is 23.8 Å². The Balaban J connectivity index is 2.48. The van der Waals surface area contributed by atoms with E-state index in [1.165, 1.54) is 0 Å². The van der Waals surface area contributed by atoms with Crippen LogP contribution in [0.3, 0.4) is 0 Å². The molecule has 0 heterocycles.